The third-order valence-electron chi connectivity index (χ3n) is 7.44. The molecule has 18 nitrogen and oxygen atoms in total. The summed E-state index contributed by atoms with van der Waals surface area (Å²) in [6.45, 7) is 7.26. The molecule has 0 atom stereocenters. The number of nitro benzene ring substituents is 1. The van der Waals surface area contributed by atoms with Crippen LogP contribution in [-0.2, 0) is 53.9 Å². The Morgan fingerprint density at radius 2 is 1.09 bits per heavy atom. The zero-order chi connectivity index (χ0) is 40.5. The summed E-state index contributed by atoms with van der Waals surface area (Å²) in [6, 6.07) is 9.58. The monoisotopic (exact) mass is 795 g/mol. The van der Waals surface area contributed by atoms with Crippen LogP contribution in [0.3, 0.4) is 0 Å². The second kappa shape index (κ2) is 31.8. The second-order valence-electron chi connectivity index (χ2n) is 11.6. The summed E-state index contributed by atoms with van der Waals surface area (Å²) in [4.78, 5) is 34.8. The first-order valence-electron chi connectivity index (χ1n) is 18.4. The maximum absolute atomic E-state index is 12.1. The number of hydrogen-bond donors (Lipinski definition) is 3. The molecule has 0 bridgehead atoms. The fourth-order valence-electron chi connectivity index (χ4n) is 4.55. The molecule has 0 spiro atoms. The highest BCUT2D eigenvalue weighted by Gasteiger charge is 2.18. The highest BCUT2D eigenvalue weighted by molar-refractivity contribution is 5.92. The van der Waals surface area contributed by atoms with Gasteiger partial charge in [-0.2, -0.15) is 0 Å². The normalized spacial score (nSPS) is 11.2. The molecular weight excluding hydrogens is 738 g/mol. The van der Waals surface area contributed by atoms with Gasteiger partial charge < -0.3 is 63.1 Å². The Kier molecular flexibility index (Phi) is 27.1. The summed E-state index contributed by atoms with van der Waals surface area (Å²) in [7, 11) is 2.80. The lowest BCUT2D eigenvalue weighted by Gasteiger charge is -2.09. The molecule has 0 heterocycles. The van der Waals surface area contributed by atoms with Crippen LogP contribution in [0.2, 0.25) is 0 Å². The minimum absolute atomic E-state index is 0.0693. The number of methoxy groups -OCH3 is 2. The Morgan fingerprint density at radius 3 is 1.55 bits per heavy atom. The van der Waals surface area contributed by atoms with Crippen molar-refractivity contribution < 1.29 is 67.0 Å². The Morgan fingerprint density at radius 1 is 0.643 bits per heavy atom. The number of benzene rings is 2. The number of carbonyl (C=O) groups is 2. The molecule has 0 aromatic heterocycles. The Balaban J connectivity index is 1.26. The van der Waals surface area contributed by atoms with Gasteiger partial charge in [0.25, 0.3) is 5.69 Å². The van der Waals surface area contributed by atoms with Crippen LogP contribution < -0.4 is 20.1 Å². The van der Waals surface area contributed by atoms with Gasteiger partial charge in [-0.25, -0.2) is 0 Å². The Hall–Kier alpha value is -4.40. The van der Waals surface area contributed by atoms with E-state index in [0.29, 0.717) is 118 Å². The van der Waals surface area contributed by atoms with Crippen molar-refractivity contribution in [1.29, 1.82) is 0 Å². The predicted molar refractivity (Wildman–Crippen MR) is 204 cm³/mol. The Labute approximate surface area is 327 Å². The van der Waals surface area contributed by atoms with Crippen molar-refractivity contribution in [3.8, 4) is 17.2 Å². The quantitative estimate of drug-likeness (QED) is 0.0395. The number of nitro groups is 1. The van der Waals surface area contributed by atoms with Crippen molar-refractivity contribution >= 4 is 23.6 Å². The molecule has 0 saturated heterocycles. The number of ether oxygens (including phenoxy) is 10. The first kappa shape index (κ1) is 47.8. The summed E-state index contributed by atoms with van der Waals surface area (Å²) < 4.78 is 53.9. The van der Waals surface area contributed by atoms with Gasteiger partial charge in [-0.1, -0.05) is 12.1 Å². The van der Waals surface area contributed by atoms with E-state index in [4.69, 9.17) is 47.4 Å². The summed E-state index contributed by atoms with van der Waals surface area (Å²) in [5.41, 5.74) is 1.03. The zero-order valence-corrected chi connectivity index (χ0v) is 32.4. The molecule has 0 radical (unpaired) electrons. The number of phenols is 1. The molecule has 2 aromatic carbocycles. The fourth-order valence-corrected chi connectivity index (χ4v) is 4.55. The number of aromatic hydroxyl groups is 1. The van der Waals surface area contributed by atoms with E-state index in [2.05, 4.69) is 10.6 Å². The molecule has 314 valence electrons. The van der Waals surface area contributed by atoms with Crippen LogP contribution in [0, 0.1) is 10.1 Å². The molecule has 56 heavy (non-hydrogen) atoms. The molecule has 0 aliphatic heterocycles. The number of nitrogens with zero attached hydrogens (tertiary/aromatic N) is 1. The third-order valence-corrected chi connectivity index (χ3v) is 7.44. The van der Waals surface area contributed by atoms with Crippen LogP contribution in [0.15, 0.2) is 42.5 Å². The maximum Gasteiger partial charge on any atom is 0.280 e. The molecule has 0 fully saturated rings. The molecule has 2 rings (SSSR count). The van der Waals surface area contributed by atoms with E-state index < -0.39 is 10.8 Å². The van der Waals surface area contributed by atoms with Crippen molar-refractivity contribution in [2.45, 2.75) is 12.8 Å². The minimum atomic E-state index is -0.561. The number of amides is 2. The first-order valence-corrected chi connectivity index (χ1v) is 18.4. The van der Waals surface area contributed by atoms with E-state index in [1.807, 2.05) is 12.1 Å². The van der Waals surface area contributed by atoms with Crippen molar-refractivity contribution in [3.63, 3.8) is 0 Å². The summed E-state index contributed by atoms with van der Waals surface area (Å²) in [5.74, 6) is 0.251. The number of hydrogen-bond acceptors (Lipinski definition) is 15. The molecule has 0 saturated carbocycles. The molecule has 0 unspecified atom stereocenters. The van der Waals surface area contributed by atoms with E-state index in [1.54, 1.807) is 12.1 Å². The van der Waals surface area contributed by atoms with Gasteiger partial charge in [0.1, 0.15) is 5.75 Å². The van der Waals surface area contributed by atoms with Gasteiger partial charge in [0.2, 0.25) is 11.8 Å². The Bertz CT molecular complexity index is 1400. The summed E-state index contributed by atoms with van der Waals surface area (Å²) in [5, 5.41) is 26.2. The maximum atomic E-state index is 12.1. The number of nitrogens with one attached hydrogen (secondary N) is 2. The fraction of sp³-hybridized carbons (Fsp3) is 0.579. The molecule has 2 amide bonds. The zero-order valence-electron chi connectivity index (χ0n) is 32.4. The van der Waals surface area contributed by atoms with Crippen LogP contribution >= 0.6 is 0 Å². The number of rotatable bonds is 35. The third kappa shape index (κ3) is 23.5. The van der Waals surface area contributed by atoms with Gasteiger partial charge in [0.15, 0.2) is 11.5 Å². The van der Waals surface area contributed by atoms with Gasteiger partial charge in [0, 0.05) is 25.6 Å². The van der Waals surface area contributed by atoms with E-state index >= 15 is 0 Å². The first-order chi connectivity index (χ1) is 27.3. The van der Waals surface area contributed by atoms with Gasteiger partial charge in [-0.15, -0.1) is 0 Å². The van der Waals surface area contributed by atoms with Crippen LogP contribution in [0.25, 0.3) is 6.08 Å². The summed E-state index contributed by atoms with van der Waals surface area (Å²) >= 11 is 0. The van der Waals surface area contributed by atoms with E-state index in [9.17, 15) is 24.8 Å². The lowest BCUT2D eigenvalue weighted by Crippen LogP contribution is -2.26. The van der Waals surface area contributed by atoms with Gasteiger partial charge in [-0.05, 0) is 36.3 Å². The summed E-state index contributed by atoms with van der Waals surface area (Å²) in [6.07, 6.45) is 3.52. The lowest BCUT2D eigenvalue weighted by atomic mass is 10.1. The standard InChI is InChI=1S/C38H57N3O15/c1-47-35-29-32(34(41(45)46)30-36(35)48-2)5-8-37(43)40-12-14-50-16-18-52-20-22-54-24-26-56-28-27-55-25-23-53-21-19-51-17-15-49-13-10-38(44)39-11-9-31-3-6-33(42)7-4-31/h3-8,29-30,42H,9-28H2,1-2H3,(H,39,44)(H,40,43)/b8-5+. The highest BCUT2D eigenvalue weighted by Crippen LogP contribution is 2.35. The van der Waals surface area contributed by atoms with Crippen molar-refractivity contribution in [1.82, 2.24) is 10.6 Å². The highest BCUT2D eigenvalue weighted by atomic mass is 16.6. The largest absolute Gasteiger partial charge is 0.508 e. The van der Waals surface area contributed by atoms with Gasteiger partial charge in [0.05, 0.1) is 136 Å². The van der Waals surface area contributed by atoms with Crippen molar-refractivity contribution in [2.75, 3.05) is 133 Å². The smallest absolute Gasteiger partial charge is 0.280 e. The van der Waals surface area contributed by atoms with Crippen LogP contribution in [0.1, 0.15) is 17.5 Å². The topological polar surface area (TPSA) is 214 Å². The number of phenolic OH excluding ortho intramolecular Hbond substituents is 1. The van der Waals surface area contributed by atoms with Crippen LogP contribution in [-0.4, -0.2) is 155 Å². The van der Waals surface area contributed by atoms with E-state index in [1.165, 1.54) is 38.5 Å². The lowest BCUT2D eigenvalue weighted by molar-refractivity contribution is -0.385. The molecule has 2 aromatic rings. The molecule has 18 heteroatoms. The minimum Gasteiger partial charge on any atom is -0.508 e. The predicted octanol–water partition coefficient (Wildman–Crippen LogP) is 2.33. The van der Waals surface area contributed by atoms with Crippen LogP contribution in [0.4, 0.5) is 5.69 Å². The van der Waals surface area contributed by atoms with Gasteiger partial charge in [-0.3, -0.25) is 19.7 Å². The average molecular weight is 796 g/mol. The average Bonchev–Trinajstić information content (AvgIpc) is 3.20. The second-order valence-corrected chi connectivity index (χ2v) is 11.6. The van der Waals surface area contributed by atoms with E-state index in [-0.39, 0.29) is 48.2 Å². The van der Waals surface area contributed by atoms with Crippen LogP contribution in [0.5, 0.6) is 17.2 Å². The SMILES string of the molecule is COc1cc(/C=C/C(=O)NCCOCCOCCOCCOCCOCCOCCOCCOCCC(=O)NCCc2ccc(O)cc2)c([N+](=O)[O-])cc1OC. The molecule has 3 N–H and O–H groups in total. The molecule has 0 aliphatic carbocycles. The van der Waals surface area contributed by atoms with Gasteiger partial charge >= 0.3 is 0 Å². The van der Waals surface area contributed by atoms with E-state index in [0.717, 1.165) is 5.56 Å². The van der Waals surface area contributed by atoms with Crippen molar-refractivity contribution in [2.24, 2.45) is 0 Å². The number of carbonyl (C=O) groups excluding carboxylic acids is 2. The molecular formula is C38H57N3O15. The molecule has 0 aliphatic rings. The van der Waals surface area contributed by atoms with Crippen molar-refractivity contribution in [3.05, 3.63) is 63.7 Å².